The molecule has 0 bridgehead atoms. The van der Waals surface area contributed by atoms with E-state index in [9.17, 15) is 9.59 Å². The van der Waals surface area contributed by atoms with Crippen molar-refractivity contribution in [1.82, 2.24) is 10.6 Å². The van der Waals surface area contributed by atoms with Crippen molar-refractivity contribution in [2.45, 2.75) is 6.42 Å². The van der Waals surface area contributed by atoms with E-state index in [-0.39, 0.29) is 5.70 Å². The van der Waals surface area contributed by atoms with E-state index in [0.29, 0.717) is 6.42 Å². The first-order valence-corrected chi connectivity index (χ1v) is 6.85. The molecule has 0 spiro atoms. The number of ether oxygens (including phenoxy) is 1. The molecule has 3 amide bonds. The molecular formula is C17H14N2O3. The Kier molecular flexibility index (Phi) is 3.87. The van der Waals surface area contributed by atoms with Crippen LogP contribution in [0, 0.1) is 0 Å². The Balaban J connectivity index is 1.70. The molecule has 3 rings (SSSR count). The minimum Gasteiger partial charge on any atom is -0.457 e. The molecule has 0 radical (unpaired) electrons. The Labute approximate surface area is 127 Å². The highest BCUT2D eigenvalue weighted by Crippen LogP contribution is 2.22. The maximum Gasteiger partial charge on any atom is 0.326 e. The van der Waals surface area contributed by atoms with Crippen LogP contribution in [-0.2, 0) is 11.2 Å². The molecule has 0 atom stereocenters. The second-order valence-electron chi connectivity index (χ2n) is 4.79. The standard InChI is InChI=1S/C17H14N2O3/c20-16-15(18-17(21)19-16)10-9-12-5-4-8-14(11-12)22-13-6-2-1-3-7-13/h1-8,10-11H,9H2,(H2,18,19,20,21)/b15-10+. The van der Waals surface area contributed by atoms with Gasteiger partial charge in [-0.15, -0.1) is 0 Å². The molecule has 0 aromatic heterocycles. The summed E-state index contributed by atoms with van der Waals surface area (Å²) in [5.41, 5.74) is 1.26. The number of hydrogen-bond acceptors (Lipinski definition) is 3. The number of allylic oxidation sites excluding steroid dienone is 1. The number of benzene rings is 2. The summed E-state index contributed by atoms with van der Waals surface area (Å²) in [6.45, 7) is 0. The van der Waals surface area contributed by atoms with E-state index >= 15 is 0 Å². The Bertz CT molecular complexity index is 739. The summed E-state index contributed by atoms with van der Waals surface area (Å²) in [5.74, 6) is 1.09. The highest BCUT2D eigenvalue weighted by atomic mass is 16.5. The van der Waals surface area contributed by atoms with Gasteiger partial charge in [-0.2, -0.15) is 0 Å². The van der Waals surface area contributed by atoms with Gasteiger partial charge in [0.2, 0.25) is 0 Å². The predicted octanol–water partition coefficient (Wildman–Crippen LogP) is 2.74. The van der Waals surface area contributed by atoms with Gasteiger partial charge in [0.15, 0.2) is 0 Å². The number of para-hydroxylation sites is 1. The van der Waals surface area contributed by atoms with Gasteiger partial charge in [0.1, 0.15) is 17.2 Å². The summed E-state index contributed by atoms with van der Waals surface area (Å²) >= 11 is 0. The van der Waals surface area contributed by atoms with Gasteiger partial charge in [-0.3, -0.25) is 10.1 Å². The van der Waals surface area contributed by atoms with Crippen LogP contribution in [0.4, 0.5) is 4.79 Å². The van der Waals surface area contributed by atoms with Gasteiger partial charge < -0.3 is 10.1 Å². The van der Waals surface area contributed by atoms with Crippen molar-refractivity contribution < 1.29 is 14.3 Å². The fraction of sp³-hybridized carbons (Fsp3) is 0.0588. The van der Waals surface area contributed by atoms with Crippen molar-refractivity contribution in [2.24, 2.45) is 0 Å². The zero-order chi connectivity index (χ0) is 15.4. The van der Waals surface area contributed by atoms with Crippen LogP contribution >= 0.6 is 0 Å². The number of imide groups is 1. The van der Waals surface area contributed by atoms with Crippen LogP contribution in [0.3, 0.4) is 0 Å². The first-order chi connectivity index (χ1) is 10.7. The number of urea groups is 1. The molecule has 0 aliphatic carbocycles. The Hall–Kier alpha value is -3.08. The van der Waals surface area contributed by atoms with E-state index in [1.807, 2.05) is 54.6 Å². The van der Waals surface area contributed by atoms with E-state index < -0.39 is 11.9 Å². The highest BCUT2D eigenvalue weighted by Gasteiger charge is 2.22. The fourth-order valence-electron chi connectivity index (χ4n) is 2.10. The third-order valence-corrected chi connectivity index (χ3v) is 3.14. The summed E-state index contributed by atoms with van der Waals surface area (Å²) in [6.07, 6.45) is 2.21. The number of amides is 3. The van der Waals surface area contributed by atoms with E-state index in [1.165, 1.54) is 0 Å². The smallest absolute Gasteiger partial charge is 0.326 e. The lowest BCUT2D eigenvalue weighted by Crippen LogP contribution is -2.22. The van der Waals surface area contributed by atoms with Crippen molar-refractivity contribution >= 4 is 11.9 Å². The molecule has 0 saturated carbocycles. The van der Waals surface area contributed by atoms with Crippen LogP contribution in [-0.4, -0.2) is 11.9 Å². The number of carbonyl (C=O) groups is 2. The second-order valence-corrected chi connectivity index (χ2v) is 4.79. The van der Waals surface area contributed by atoms with Crippen LogP contribution in [0.2, 0.25) is 0 Å². The Morgan fingerprint density at radius 3 is 2.41 bits per heavy atom. The zero-order valence-electron chi connectivity index (χ0n) is 11.7. The van der Waals surface area contributed by atoms with Crippen molar-refractivity contribution in [2.75, 3.05) is 0 Å². The van der Waals surface area contributed by atoms with Crippen LogP contribution in [0.5, 0.6) is 11.5 Å². The minimum absolute atomic E-state index is 0.277. The lowest BCUT2D eigenvalue weighted by Gasteiger charge is -2.06. The molecule has 1 fully saturated rings. The van der Waals surface area contributed by atoms with Gasteiger partial charge >= 0.3 is 6.03 Å². The van der Waals surface area contributed by atoms with Gasteiger partial charge in [0.05, 0.1) is 0 Å². The molecule has 0 unspecified atom stereocenters. The molecule has 22 heavy (non-hydrogen) atoms. The number of carbonyl (C=O) groups excluding carboxylic acids is 2. The third-order valence-electron chi connectivity index (χ3n) is 3.14. The van der Waals surface area contributed by atoms with E-state index in [4.69, 9.17) is 4.74 Å². The van der Waals surface area contributed by atoms with Crippen LogP contribution < -0.4 is 15.4 Å². The molecule has 2 aromatic carbocycles. The van der Waals surface area contributed by atoms with Gasteiger partial charge in [0, 0.05) is 0 Å². The van der Waals surface area contributed by atoms with Crippen molar-refractivity contribution in [3.63, 3.8) is 0 Å². The molecule has 1 aliphatic heterocycles. The molecule has 1 heterocycles. The van der Waals surface area contributed by atoms with Crippen LogP contribution in [0.1, 0.15) is 5.56 Å². The largest absolute Gasteiger partial charge is 0.457 e. The van der Waals surface area contributed by atoms with Crippen molar-refractivity contribution in [1.29, 1.82) is 0 Å². The summed E-state index contributed by atoms with van der Waals surface area (Å²) in [5, 5.41) is 4.62. The molecule has 5 nitrogen and oxygen atoms in total. The van der Waals surface area contributed by atoms with E-state index in [2.05, 4.69) is 10.6 Å². The third kappa shape index (κ3) is 3.32. The van der Waals surface area contributed by atoms with Gasteiger partial charge in [0.25, 0.3) is 5.91 Å². The monoisotopic (exact) mass is 294 g/mol. The molecule has 5 heteroatoms. The van der Waals surface area contributed by atoms with Gasteiger partial charge in [-0.25, -0.2) is 4.79 Å². The van der Waals surface area contributed by atoms with Gasteiger partial charge in [-0.1, -0.05) is 36.4 Å². The van der Waals surface area contributed by atoms with Crippen LogP contribution in [0.15, 0.2) is 66.4 Å². The second kappa shape index (κ2) is 6.13. The average Bonchev–Trinajstić information content (AvgIpc) is 2.84. The molecule has 2 N–H and O–H groups in total. The number of hydrogen-bond donors (Lipinski definition) is 2. The number of nitrogens with one attached hydrogen (secondary N) is 2. The highest BCUT2D eigenvalue weighted by molar-refractivity contribution is 6.11. The SMILES string of the molecule is O=C1NC(=O)/C(=C\Cc2cccc(Oc3ccccc3)c2)N1. The molecule has 1 saturated heterocycles. The topological polar surface area (TPSA) is 67.4 Å². The molecule has 110 valence electrons. The lowest BCUT2D eigenvalue weighted by molar-refractivity contribution is -0.115. The number of rotatable bonds is 4. The first kappa shape index (κ1) is 13.9. The van der Waals surface area contributed by atoms with Gasteiger partial charge in [-0.05, 0) is 36.2 Å². The summed E-state index contributed by atoms with van der Waals surface area (Å²) < 4.78 is 5.76. The first-order valence-electron chi connectivity index (χ1n) is 6.85. The molecule has 1 aliphatic rings. The average molecular weight is 294 g/mol. The minimum atomic E-state index is -0.489. The summed E-state index contributed by atoms with van der Waals surface area (Å²) in [7, 11) is 0. The fourth-order valence-corrected chi connectivity index (χ4v) is 2.10. The maximum atomic E-state index is 11.4. The quantitative estimate of drug-likeness (QED) is 0.673. The Morgan fingerprint density at radius 2 is 1.68 bits per heavy atom. The summed E-state index contributed by atoms with van der Waals surface area (Å²) in [6, 6.07) is 16.6. The van der Waals surface area contributed by atoms with Crippen molar-refractivity contribution in [3.8, 4) is 11.5 Å². The van der Waals surface area contributed by atoms with Crippen LogP contribution in [0.25, 0.3) is 0 Å². The molecular weight excluding hydrogens is 280 g/mol. The maximum absolute atomic E-state index is 11.4. The molecule has 2 aromatic rings. The summed E-state index contributed by atoms with van der Waals surface area (Å²) in [4.78, 5) is 22.5. The normalized spacial score (nSPS) is 15.5. The Morgan fingerprint density at radius 1 is 0.909 bits per heavy atom. The zero-order valence-corrected chi connectivity index (χ0v) is 11.7. The predicted molar refractivity (Wildman–Crippen MR) is 81.4 cm³/mol. The van der Waals surface area contributed by atoms with E-state index in [0.717, 1.165) is 17.1 Å². The van der Waals surface area contributed by atoms with Crippen molar-refractivity contribution in [3.05, 3.63) is 71.9 Å². The van der Waals surface area contributed by atoms with E-state index in [1.54, 1.807) is 6.08 Å². The lowest BCUT2D eigenvalue weighted by atomic mass is 10.1.